The van der Waals surface area contributed by atoms with Crippen LogP contribution < -0.4 is 0 Å². The van der Waals surface area contributed by atoms with Crippen LogP contribution in [0.3, 0.4) is 0 Å². The van der Waals surface area contributed by atoms with Crippen molar-refractivity contribution in [1.82, 2.24) is 4.57 Å². The third-order valence-electron chi connectivity index (χ3n) is 12.4. The van der Waals surface area contributed by atoms with Crippen molar-refractivity contribution in [2.75, 3.05) is 0 Å². The summed E-state index contributed by atoms with van der Waals surface area (Å²) in [7, 11) is 0. The van der Waals surface area contributed by atoms with Gasteiger partial charge >= 0.3 is 0 Å². The molecule has 2 aliphatic carbocycles. The normalized spacial score (nSPS) is 17.2. The molecule has 258 valence electrons. The van der Waals surface area contributed by atoms with Crippen molar-refractivity contribution in [2.45, 2.75) is 38.0 Å². The van der Waals surface area contributed by atoms with Gasteiger partial charge in [0.15, 0.2) is 0 Å². The number of rotatable bonds is 4. The smallest absolute Gasteiger partial charge is 0.143 e. The second kappa shape index (κ2) is 11.3. The number of fused-ring (bicyclic) bond motifs is 10. The summed E-state index contributed by atoms with van der Waals surface area (Å²) in [5.74, 6) is 0. The molecule has 0 aliphatic heterocycles. The Morgan fingerprint density at radius 3 is 2.13 bits per heavy atom. The third-order valence-corrected chi connectivity index (χ3v) is 12.4. The van der Waals surface area contributed by atoms with Crippen LogP contribution in [0.15, 0.2) is 174 Å². The lowest BCUT2D eigenvalue weighted by molar-refractivity contribution is 0.600. The molecule has 2 heteroatoms. The van der Waals surface area contributed by atoms with Crippen LogP contribution in [-0.4, -0.2) is 4.57 Å². The molecule has 0 spiro atoms. The predicted octanol–water partition coefficient (Wildman–Crippen LogP) is 14.1. The average molecular weight is 694 g/mol. The number of hydrogen-bond acceptors (Lipinski definition) is 1. The van der Waals surface area contributed by atoms with Crippen molar-refractivity contribution < 1.29 is 4.42 Å². The fourth-order valence-corrected chi connectivity index (χ4v) is 9.41. The number of benzene rings is 7. The minimum Gasteiger partial charge on any atom is -0.455 e. The molecule has 2 aliphatic rings. The number of para-hydroxylation sites is 1. The number of furan rings is 1. The molecule has 0 radical (unpaired) electrons. The van der Waals surface area contributed by atoms with Gasteiger partial charge in [0.05, 0.1) is 11.0 Å². The fourth-order valence-electron chi connectivity index (χ4n) is 9.41. The van der Waals surface area contributed by atoms with Crippen LogP contribution in [-0.2, 0) is 10.8 Å². The monoisotopic (exact) mass is 693 g/mol. The molecule has 54 heavy (non-hydrogen) atoms. The van der Waals surface area contributed by atoms with E-state index in [2.05, 4.69) is 195 Å². The van der Waals surface area contributed by atoms with E-state index in [1.807, 2.05) is 0 Å². The maximum Gasteiger partial charge on any atom is 0.143 e. The van der Waals surface area contributed by atoms with Gasteiger partial charge in [-0.15, -0.1) is 0 Å². The Bertz CT molecular complexity index is 3060. The first-order valence-corrected chi connectivity index (χ1v) is 19.1. The summed E-state index contributed by atoms with van der Waals surface area (Å²) in [5.41, 5.74) is 16.7. The zero-order valence-electron chi connectivity index (χ0n) is 30.7. The highest BCUT2D eigenvalue weighted by Crippen LogP contribution is 2.53. The summed E-state index contributed by atoms with van der Waals surface area (Å²) in [5, 5.41) is 4.90. The van der Waals surface area contributed by atoms with E-state index in [9.17, 15) is 0 Å². The van der Waals surface area contributed by atoms with Crippen molar-refractivity contribution in [3.63, 3.8) is 0 Å². The molecule has 0 fully saturated rings. The van der Waals surface area contributed by atoms with Gasteiger partial charge in [0.2, 0.25) is 0 Å². The Kier molecular flexibility index (Phi) is 6.53. The number of nitrogens with zero attached hydrogens (tertiary/aromatic N) is 1. The lowest BCUT2D eigenvalue weighted by atomic mass is 9.77. The van der Waals surface area contributed by atoms with Crippen molar-refractivity contribution >= 4 is 43.7 Å². The van der Waals surface area contributed by atoms with E-state index in [1.165, 1.54) is 82.6 Å². The first-order chi connectivity index (χ1) is 26.4. The summed E-state index contributed by atoms with van der Waals surface area (Å²) >= 11 is 0. The van der Waals surface area contributed by atoms with Gasteiger partial charge in [-0.25, -0.2) is 0 Å². The van der Waals surface area contributed by atoms with E-state index in [0.29, 0.717) is 0 Å². The molecular weight excluding hydrogens is 655 g/mol. The third kappa shape index (κ3) is 4.47. The van der Waals surface area contributed by atoms with Crippen LogP contribution in [0, 0.1) is 0 Å². The van der Waals surface area contributed by atoms with Gasteiger partial charge in [-0.3, -0.25) is 0 Å². The Labute approximate surface area is 315 Å². The van der Waals surface area contributed by atoms with Gasteiger partial charge in [-0.05, 0) is 99.5 Å². The van der Waals surface area contributed by atoms with Gasteiger partial charge in [-0.1, -0.05) is 142 Å². The Hall–Kier alpha value is -6.38. The number of aromatic nitrogens is 1. The average Bonchev–Trinajstić information content (AvgIpc) is 3.83. The van der Waals surface area contributed by atoms with Crippen LogP contribution >= 0.6 is 0 Å². The van der Waals surface area contributed by atoms with E-state index < -0.39 is 0 Å². The minimum atomic E-state index is -0.160. The summed E-state index contributed by atoms with van der Waals surface area (Å²) in [6, 6.07) is 53.8. The fraction of sp³-hybridized carbons (Fsp3) is 0.115. The molecule has 2 nitrogen and oxygen atoms in total. The highest BCUT2D eigenvalue weighted by Gasteiger charge is 2.38. The number of allylic oxidation sites excluding steroid dienone is 4. The Balaban J connectivity index is 1.07. The molecule has 0 saturated carbocycles. The number of hydrogen-bond donors (Lipinski definition) is 0. The van der Waals surface area contributed by atoms with Crippen LogP contribution in [0.4, 0.5) is 0 Å². The van der Waals surface area contributed by atoms with E-state index >= 15 is 0 Å². The second-order valence-electron chi connectivity index (χ2n) is 16.0. The molecule has 7 aromatic carbocycles. The molecule has 0 saturated heterocycles. The van der Waals surface area contributed by atoms with Gasteiger partial charge in [0.25, 0.3) is 0 Å². The first-order valence-electron chi connectivity index (χ1n) is 19.1. The van der Waals surface area contributed by atoms with E-state index in [0.717, 1.165) is 23.3 Å². The highest BCUT2D eigenvalue weighted by atomic mass is 16.3. The molecule has 0 bridgehead atoms. The first kappa shape index (κ1) is 31.2. The molecule has 1 unspecified atom stereocenters. The maximum absolute atomic E-state index is 6.56. The van der Waals surface area contributed by atoms with E-state index in [-0.39, 0.29) is 10.8 Å². The van der Waals surface area contributed by atoms with Crippen molar-refractivity contribution in [1.29, 1.82) is 0 Å². The highest BCUT2D eigenvalue weighted by molar-refractivity contribution is 6.12. The summed E-state index contributed by atoms with van der Waals surface area (Å²) in [6.07, 6.45) is 9.98. The Morgan fingerprint density at radius 2 is 1.28 bits per heavy atom. The molecule has 2 heterocycles. The Morgan fingerprint density at radius 1 is 0.537 bits per heavy atom. The summed E-state index contributed by atoms with van der Waals surface area (Å²) in [6.45, 7) is 7.05. The zero-order valence-corrected chi connectivity index (χ0v) is 30.7. The van der Waals surface area contributed by atoms with Crippen LogP contribution in [0.2, 0.25) is 0 Å². The summed E-state index contributed by atoms with van der Waals surface area (Å²) < 4.78 is 9.01. The largest absolute Gasteiger partial charge is 0.455 e. The topological polar surface area (TPSA) is 18.1 Å². The minimum absolute atomic E-state index is 0.0362. The molecule has 0 amide bonds. The van der Waals surface area contributed by atoms with Gasteiger partial charge in [0.1, 0.15) is 11.2 Å². The lowest BCUT2D eigenvalue weighted by Crippen LogP contribution is -2.19. The standard InChI is InChI=1S/C52H39NO/c1-51(2)44-24-23-40-39-17-8-9-18-48(39)54-50(40)49(44)41-22-19-36(31-45(41)51)34-15-12-16-38(29-34)53-46-25-20-35(33-13-6-4-7-14-33)30-42(46)43-32-37(21-26-47(43)53)52(3)27-10-5-11-28-52/h4-27,29-32H,28H2,1-3H3. The van der Waals surface area contributed by atoms with Crippen molar-refractivity contribution in [3.05, 3.63) is 187 Å². The molecule has 0 N–H and O–H groups in total. The quantitative estimate of drug-likeness (QED) is 0.179. The summed E-state index contributed by atoms with van der Waals surface area (Å²) in [4.78, 5) is 0. The molecule has 11 rings (SSSR count). The van der Waals surface area contributed by atoms with Crippen LogP contribution in [0.25, 0.3) is 82.8 Å². The predicted molar refractivity (Wildman–Crippen MR) is 227 cm³/mol. The molecule has 9 aromatic rings. The lowest BCUT2D eigenvalue weighted by Gasteiger charge is -2.27. The SMILES string of the molecule is CC1(c2ccc3c(c2)c2cc(-c4ccccc4)ccc2n3-c2cccc(-c3ccc4c(c3)C(C)(C)c3ccc5c(oc6ccccc65)c3-4)c2)C=CC=CC1. The van der Waals surface area contributed by atoms with E-state index in [1.54, 1.807) is 0 Å². The van der Waals surface area contributed by atoms with Crippen LogP contribution in [0.1, 0.15) is 43.9 Å². The zero-order chi connectivity index (χ0) is 36.2. The van der Waals surface area contributed by atoms with Gasteiger partial charge in [0, 0.05) is 43.6 Å². The van der Waals surface area contributed by atoms with Gasteiger partial charge in [-0.2, -0.15) is 0 Å². The molecular formula is C52H39NO. The molecule has 1 atom stereocenters. The maximum atomic E-state index is 6.56. The van der Waals surface area contributed by atoms with Gasteiger partial charge < -0.3 is 8.98 Å². The molecule has 2 aromatic heterocycles. The van der Waals surface area contributed by atoms with Crippen molar-refractivity contribution in [3.8, 4) is 39.1 Å². The second-order valence-corrected chi connectivity index (χ2v) is 16.0. The van der Waals surface area contributed by atoms with Crippen LogP contribution in [0.5, 0.6) is 0 Å². The van der Waals surface area contributed by atoms with E-state index in [4.69, 9.17) is 4.42 Å². The van der Waals surface area contributed by atoms with Crippen molar-refractivity contribution in [2.24, 2.45) is 0 Å².